The molecule has 116 valence electrons. The van der Waals surface area contributed by atoms with E-state index < -0.39 is 11.9 Å². The van der Waals surface area contributed by atoms with Crippen molar-refractivity contribution in [3.05, 3.63) is 64.1 Å². The number of carbonyl (C=O) groups excluding carboxylic acids is 2. The van der Waals surface area contributed by atoms with E-state index in [2.05, 4.69) is 0 Å². The lowest BCUT2D eigenvalue weighted by Crippen LogP contribution is -1.98. The third-order valence-corrected chi connectivity index (χ3v) is 4.79. The quantitative estimate of drug-likeness (QED) is 0.460. The maximum atomic E-state index is 12.1. The Morgan fingerprint density at radius 3 is 2.26 bits per heavy atom. The molecule has 0 atom stereocenters. The van der Waals surface area contributed by atoms with E-state index in [9.17, 15) is 9.59 Å². The van der Waals surface area contributed by atoms with E-state index in [0.29, 0.717) is 11.1 Å². The third-order valence-electron chi connectivity index (χ3n) is 3.81. The number of carbonyl (C=O) groups is 2. The van der Waals surface area contributed by atoms with Gasteiger partial charge in [-0.15, -0.1) is 11.3 Å². The summed E-state index contributed by atoms with van der Waals surface area (Å²) in [5.74, 6) is -1.11. The van der Waals surface area contributed by atoms with Crippen molar-refractivity contribution >= 4 is 28.8 Å². The lowest BCUT2D eigenvalue weighted by atomic mass is 9.96. The van der Waals surface area contributed by atoms with Crippen LogP contribution >= 0.6 is 11.3 Å². The Bertz CT molecular complexity index is 850. The molecule has 3 nitrogen and oxygen atoms in total. The summed E-state index contributed by atoms with van der Waals surface area (Å²) in [4.78, 5) is 25.0. The smallest absolute Gasteiger partial charge is 0.347 e. The molecule has 4 heteroatoms. The summed E-state index contributed by atoms with van der Waals surface area (Å²) in [6, 6.07) is 12.1. The predicted molar refractivity (Wildman–Crippen MR) is 91.8 cm³/mol. The first kappa shape index (κ1) is 15.4. The van der Waals surface area contributed by atoms with Crippen LogP contribution in [0.15, 0.2) is 58.5 Å². The molecule has 23 heavy (non-hydrogen) atoms. The molecule has 2 heterocycles. The van der Waals surface area contributed by atoms with Crippen molar-refractivity contribution in [1.82, 2.24) is 0 Å². The van der Waals surface area contributed by atoms with Gasteiger partial charge >= 0.3 is 11.9 Å². The van der Waals surface area contributed by atoms with Crippen molar-refractivity contribution in [3.63, 3.8) is 0 Å². The first-order valence-electron chi connectivity index (χ1n) is 7.28. The highest BCUT2D eigenvalue weighted by atomic mass is 32.1. The number of rotatable bonds is 2. The lowest BCUT2D eigenvalue weighted by Gasteiger charge is -2.03. The predicted octanol–water partition coefficient (Wildman–Crippen LogP) is 4.61. The minimum Gasteiger partial charge on any atom is -0.386 e. The van der Waals surface area contributed by atoms with Crippen LogP contribution < -0.4 is 0 Å². The molecular formula is C19H16O3S. The minimum atomic E-state index is -0.559. The molecule has 1 aromatic heterocycles. The van der Waals surface area contributed by atoms with Gasteiger partial charge in [-0.2, -0.15) is 0 Å². The minimum absolute atomic E-state index is 0.382. The first-order valence-corrected chi connectivity index (χ1v) is 8.16. The van der Waals surface area contributed by atoms with Crippen LogP contribution in [0.5, 0.6) is 0 Å². The summed E-state index contributed by atoms with van der Waals surface area (Å²) < 4.78 is 4.79. The van der Waals surface area contributed by atoms with E-state index in [1.165, 1.54) is 0 Å². The second-order valence-corrected chi connectivity index (χ2v) is 6.53. The molecule has 1 aliphatic rings. The summed E-state index contributed by atoms with van der Waals surface area (Å²) in [5, 5.41) is 2.00. The van der Waals surface area contributed by atoms with Crippen LogP contribution in [0.3, 0.4) is 0 Å². The number of cyclic esters (lactones) is 2. The van der Waals surface area contributed by atoms with Gasteiger partial charge in [-0.05, 0) is 48.9 Å². The maximum Gasteiger partial charge on any atom is 0.347 e. The SMILES string of the molecule is CC(C)=C1C(=O)OC(=O)/C1=C(\C)c1csc(-c2ccccc2)c1. The standard InChI is InChI=1S/C19H16O3S/c1-11(2)16-17(19(21)22-18(16)20)12(3)14-9-15(23-10-14)13-7-5-4-6-8-13/h4-10H,1-3H3/b17-12+. The van der Waals surface area contributed by atoms with E-state index in [-0.39, 0.29) is 0 Å². The molecule has 3 rings (SSSR count). The van der Waals surface area contributed by atoms with Crippen LogP contribution in [-0.4, -0.2) is 11.9 Å². The largest absolute Gasteiger partial charge is 0.386 e. The van der Waals surface area contributed by atoms with E-state index >= 15 is 0 Å². The fraction of sp³-hybridized carbons (Fsp3) is 0.158. The molecule has 0 bridgehead atoms. The van der Waals surface area contributed by atoms with Crippen LogP contribution in [0.1, 0.15) is 26.3 Å². The average Bonchev–Trinajstić information content (AvgIpc) is 3.12. The van der Waals surface area contributed by atoms with Crippen molar-refractivity contribution in [2.24, 2.45) is 0 Å². The normalized spacial score (nSPS) is 16.6. The molecule has 1 aliphatic heterocycles. The molecule has 0 spiro atoms. The van der Waals surface area contributed by atoms with E-state index in [1.807, 2.05) is 62.5 Å². The van der Waals surface area contributed by atoms with Gasteiger partial charge in [0.2, 0.25) is 0 Å². The number of ether oxygens (including phenoxy) is 1. The van der Waals surface area contributed by atoms with E-state index in [4.69, 9.17) is 4.74 Å². The molecule has 0 saturated carbocycles. The summed E-state index contributed by atoms with van der Waals surface area (Å²) in [6.45, 7) is 5.48. The number of allylic oxidation sites excluding steroid dienone is 2. The highest BCUT2D eigenvalue weighted by Gasteiger charge is 2.36. The molecule has 0 aliphatic carbocycles. The third kappa shape index (κ3) is 2.78. The molecule has 1 aromatic carbocycles. The van der Waals surface area contributed by atoms with Crippen LogP contribution in [0.2, 0.25) is 0 Å². The molecule has 0 unspecified atom stereocenters. The Morgan fingerprint density at radius 2 is 1.61 bits per heavy atom. The number of hydrogen-bond donors (Lipinski definition) is 0. The van der Waals surface area contributed by atoms with Crippen LogP contribution in [-0.2, 0) is 14.3 Å². The zero-order chi connectivity index (χ0) is 16.6. The lowest BCUT2D eigenvalue weighted by molar-refractivity contribution is -0.149. The summed E-state index contributed by atoms with van der Waals surface area (Å²) in [6.07, 6.45) is 0. The van der Waals surface area contributed by atoms with Gasteiger partial charge in [-0.1, -0.05) is 35.9 Å². The zero-order valence-electron chi connectivity index (χ0n) is 13.2. The molecule has 0 amide bonds. The van der Waals surface area contributed by atoms with Gasteiger partial charge in [0.05, 0.1) is 11.1 Å². The monoisotopic (exact) mass is 324 g/mol. The summed E-state index contributed by atoms with van der Waals surface area (Å²) >= 11 is 1.61. The Hall–Kier alpha value is -2.46. The molecule has 2 aromatic rings. The van der Waals surface area contributed by atoms with Gasteiger partial charge in [0.15, 0.2) is 0 Å². The number of esters is 2. The summed E-state index contributed by atoms with van der Waals surface area (Å²) in [7, 11) is 0. The van der Waals surface area contributed by atoms with Gasteiger partial charge in [-0.25, -0.2) is 9.59 Å². The number of hydrogen-bond acceptors (Lipinski definition) is 4. The fourth-order valence-corrected chi connectivity index (χ4v) is 3.58. The van der Waals surface area contributed by atoms with Crippen molar-refractivity contribution in [2.75, 3.05) is 0 Å². The fourth-order valence-electron chi connectivity index (χ4n) is 2.62. The topological polar surface area (TPSA) is 43.4 Å². The van der Waals surface area contributed by atoms with Crippen molar-refractivity contribution in [2.45, 2.75) is 20.8 Å². The summed E-state index contributed by atoms with van der Waals surface area (Å²) in [5.41, 5.74) is 4.40. The van der Waals surface area contributed by atoms with E-state index in [1.54, 1.807) is 11.3 Å². The van der Waals surface area contributed by atoms with Crippen LogP contribution in [0.4, 0.5) is 0 Å². The van der Waals surface area contributed by atoms with Gasteiger partial charge in [0.25, 0.3) is 0 Å². The molecule has 1 saturated heterocycles. The highest BCUT2D eigenvalue weighted by Crippen LogP contribution is 2.36. The Balaban J connectivity index is 2.08. The zero-order valence-corrected chi connectivity index (χ0v) is 14.0. The number of thiophene rings is 1. The van der Waals surface area contributed by atoms with Crippen molar-refractivity contribution in [1.29, 1.82) is 0 Å². The average molecular weight is 324 g/mol. The van der Waals surface area contributed by atoms with Crippen LogP contribution in [0.25, 0.3) is 16.0 Å². The van der Waals surface area contributed by atoms with E-state index in [0.717, 1.165) is 27.2 Å². The molecular weight excluding hydrogens is 308 g/mol. The number of benzene rings is 1. The van der Waals surface area contributed by atoms with Crippen molar-refractivity contribution < 1.29 is 14.3 Å². The molecule has 0 N–H and O–H groups in total. The van der Waals surface area contributed by atoms with Gasteiger partial charge < -0.3 is 4.74 Å². The second kappa shape index (κ2) is 5.97. The van der Waals surface area contributed by atoms with Gasteiger partial charge in [0.1, 0.15) is 0 Å². The first-order chi connectivity index (χ1) is 11.0. The van der Waals surface area contributed by atoms with Gasteiger partial charge in [-0.3, -0.25) is 0 Å². The maximum absolute atomic E-state index is 12.1. The van der Waals surface area contributed by atoms with Gasteiger partial charge in [0, 0.05) is 4.88 Å². The Labute approximate surface area is 138 Å². The second-order valence-electron chi connectivity index (χ2n) is 5.62. The Morgan fingerprint density at radius 1 is 0.957 bits per heavy atom. The Kier molecular flexibility index (Phi) is 4.01. The molecule has 1 fully saturated rings. The highest BCUT2D eigenvalue weighted by molar-refractivity contribution is 7.13. The van der Waals surface area contributed by atoms with Crippen molar-refractivity contribution in [3.8, 4) is 10.4 Å². The van der Waals surface area contributed by atoms with Crippen LogP contribution in [0, 0.1) is 0 Å². The molecule has 0 radical (unpaired) electrons.